The van der Waals surface area contributed by atoms with Crippen molar-refractivity contribution in [3.8, 4) is 5.75 Å². The molecule has 0 spiro atoms. The molecule has 0 amide bonds. The number of hydrogen-bond donors (Lipinski definition) is 2. The second-order valence-corrected chi connectivity index (χ2v) is 3.97. The number of nitrogens with zero attached hydrogens (tertiary/aromatic N) is 2. The fraction of sp³-hybridized carbons (Fsp3) is 0.250. The Morgan fingerprint density at radius 3 is 2.90 bits per heavy atom. The third kappa shape index (κ3) is 3.88. The fourth-order valence-electron chi connectivity index (χ4n) is 1.40. The van der Waals surface area contributed by atoms with E-state index in [2.05, 4.69) is 10.0 Å². The Balaban J connectivity index is 3.21. The minimum Gasteiger partial charge on any atom is -0.492 e. The van der Waals surface area contributed by atoms with E-state index in [4.69, 9.17) is 27.0 Å². The average Bonchev–Trinajstić information content (AvgIpc) is 2.42. The molecule has 0 radical (unpaired) electrons. The number of hydrogen-bond acceptors (Lipinski definition) is 4. The lowest BCUT2D eigenvalue weighted by Gasteiger charge is -2.08. The average molecular weight is 301 g/mol. The lowest BCUT2D eigenvalue weighted by Crippen LogP contribution is -2.04. The number of carboxylic acids is 1. The van der Waals surface area contributed by atoms with E-state index in [1.807, 2.05) is 0 Å². The third-order valence-electron chi connectivity index (χ3n) is 2.29. The summed E-state index contributed by atoms with van der Waals surface area (Å²) in [6.45, 7) is 1.73. The highest BCUT2D eigenvalue weighted by Gasteiger charge is 2.15. The first-order chi connectivity index (χ1) is 9.51. The van der Waals surface area contributed by atoms with Crippen molar-refractivity contribution in [2.24, 2.45) is 5.11 Å². The standard InChI is InChI=1S/C12H11ClFN3O3/c1-2-20-9-4-3-7(11(14)10(9)13)5-8(12(18)19)6-16-17-15/h3-5,15H,2,6H2,1H3/p+1. The molecule has 1 rings (SSSR count). The van der Waals surface area contributed by atoms with Crippen LogP contribution in [0.2, 0.25) is 5.02 Å². The normalized spacial score (nSPS) is 10.8. The van der Waals surface area contributed by atoms with Gasteiger partial charge in [-0.05, 0) is 25.1 Å². The Labute approximate surface area is 119 Å². The number of carboxylic acid groups (broad SMARTS) is 1. The molecule has 106 valence electrons. The van der Waals surface area contributed by atoms with Crippen LogP contribution in [-0.2, 0) is 4.79 Å². The summed E-state index contributed by atoms with van der Waals surface area (Å²) in [6, 6.07) is 2.80. The van der Waals surface area contributed by atoms with Gasteiger partial charge in [0.15, 0.2) is 12.4 Å². The van der Waals surface area contributed by atoms with Gasteiger partial charge in [-0.1, -0.05) is 11.6 Å². The van der Waals surface area contributed by atoms with E-state index < -0.39 is 11.8 Å². The predicted molar refractivity (Wildman–Crippen MR) is 70.3 cm³/mol. The minimum absolute atomic E-state index is 0.00367. The third-order valence-corrected chi connectivity index (χ3v) is 2.64. The molecule has 0 bridgehead atoms. The monoisotopic (exact) mass is 300 g/mol. The SMILES string of the molecule is CCOc1ccc(C=C(CN=[N+]=N)C(=O)O)c(F)c1Cl. The van der Waals surface area contributed by atoms with Gasteiger partial charge in [0.05, 0.1) is 12.2 Å². The zero-order chi connectivity index (χ0) is 15.1. The van der Waals surface area contributed by atoms with E-state index in [9.17, 15) is 9.18 Å². The molecule has 0 heterocycles. The molecule has 1 aromatic rings. The van der Waals surface area contributed by atoms with E-state index in [0.29, 0.717) is 6.61 Å². The lowest BCUT2D eigenvalue weighted by molar-refractivity contribution is -0.132. The molecule has 0 saturated carbocycles. The van der Waals surface area contributed by atoms with Crippen molar-refractivity contribution in [3.63, 3.8) is 0 Å². The van der Waals surface area contributed by atoms with Crippen LogP contribution in [0.25, 0.3) is 6.08 Å². The van der Waals surface area contributed by atoms with E-state index in [0.717, 1.165) is 6.08 Å². The van der Waals surface area contributed by atoms with E-state index in [-0.39, 0.29) is 28.5 Å². The quantitative estimate of drug-likeness (QED) is 0.480. The number of carbonyl (C=O) groups is 1. The van der Waals surface area contributed by atoms with Gasteiger partial charge in [0.1, 0.15) is 21.4 Å². The largest absolute Gasteiger partial charge is 0.492 e. The molecule has 6 nitrogen and oxygen atoms in total. The molecule has 0 aromatic heterocycles. The zero-order valence-electron chi connectivity index (χ0n) is 10.6. The Bertz CT molecular complexity index is 598. The van der Waals surface area contributed by atoms with Gasteiger partial charge >= 0.3 is 5.97 Å². The summed E-state index contributed by atoms with van der Waals surface area (Å²) < 4.78 is 19.1. The van der Waals surface area contributed by atoms with E-state index in [1.54, 1.807) is 6.92 Å². The molecule has 20 heavy (non-hydrogen) atoms. The van der Waals surface area contributed by atoms with Crippen LogP contribution in [0.5, 0.6) is 5.75 Å². The molecule has 0 fully saturated rings. The van der Waals surface area contributed by atoms with Crippen molar-refractivity contribution in [1.82, 2.24) is 4.91 Å². The van der Waals surface area contributed by atoms with E-state index >= 15 is 0 Å². The molecular weight excluding hydrogens is 289 g/mol. The molecule has 2 N–H and O–H groups in total. The lowest BCUT2D eigenvalue weighted by atomic mass is 10.1. The smallest absolute Gasteiger partial charge is 0.333 e. The predicted octanol–water partition coefficient (Wildman–Crippen LogP) is 2.90. The van der Waals surface area contributed by atoms with Crippen molar-refractivity contribution in [2.45, 2.75) is 6.92 Å². The molecular formula is C12H12ClFN3O3+. The Morgan fingerprint density at radius 1 is 1.65 bits per heavy atom. The van der Waals surface area contributed by atoms with Crippen LogP contribution in [0.15, 0.2) is 22.8 Å². The van der Waals surface area contributed by atoms with E-state index in [1.165, 1.54) is 12.1 Å². The summed E-state index contributed by atoms with van der Waals surface area (Å²) in [4.78, 5) is 13.7. The first-order valence-corrected chi connectivity index (χ1v) is 5.96. The molecule has 8 heteroatoms. The van der Waals surface area contributed by atoms with Gasteiger partial charge in [0.2, 0.25) is 4.91 Å². The second kappa shape index (κ2) is 7.37. The molecule has 0 aliphatic carbocycles. The topological polar surface area (TPSA) is 96.8 Å². The summed E-state index contributed by atoms with van der Waals surface area (Å²) in [6.07, 6.45) is 1.09. The molecule has 0 aliphatic heterocycles. The molecule has 0 unspecified atom stereocenters. The summed E-state index contributed by atoms with van der Waals surface area (Å²) in [5, 5.41) is 12.0. The van der Waals surface area contributed by atoms with Crippen molar-refractivity contribution in [2.75, 3.05) is 13.2 Å². The molecule has 0 atom stereocenters. The van der Waals surface area contributed by atoms with Crippen LogP contribution >= 0.6 is 11.6 Å². The zero-order valence-corrected chi connectivity index (χ0v) is 11.3. The Kier molecular flexibility index (Phi) is 5.83. The van der Waals surface area contributed by atoms with Crippen LogP contribution in [-0.4, -0.2) is 24.2 Å². The van der Waals surface area contributed by atoms with Crippen LogP contribution < -0.4 is 9.65 Å². The van der Waals surface area contributed by atoms with Gasteiger partial charge < -0.3 is 9.84 Å². The Morgan fingerprint density at radius 2 is 2.35 bits per heavy atom. The van der Waals surface area contributed by atoms with Gasteiger partial charge in [0.25, 0.3) is 0 Å². The van der Waals surface area contributed by atoms with Gasteiger partial charge in [-0.2, -0.15) is 0 Å². The van der Waals surface area contributed by atoms with Crippen molar-refractivity contribution in [3.05, 3.63) is 34.1 Å². The minimum atomic E-state index is -1.28. The maximum atomic E-state index is 14.0. The fourth-order valence-corrected chi connectivity index (χ4v) is 1.63. The maximum absolute atomic E-state index is 14.0. The van der Waals surface area contributed by atoms with Gasteiger partial charge in [-0.3, -0.25) is 0 Å². The Hall–Kier alpha value is -2.24. The van der Waals surface area contributed by atoms with Crippen molar-refractivity contribution in [1.29, 1.82) is 5.53 Å². The van der Waals surface area contributed by atoms with Gasteiger partial charge in [0, 0.05) is 5.56 Å². The second-order valence-electron chi connectivity index (χ2n) is 3.59. The summed E-state index contributed by atoms with van der Waals surface area (Å²) in [5.74, 6) is -1.87. The van der Waals surface area contributed by atoms with Gasteiger partial charge in [-0.25, -0.2) is 9.18 Å². The highest BCUT2D eigenvalue weighted by molar-refractivity contribution is 6.32. The van der Waals surface area contributed by atoms with Crippen LogP contribution in [0.1, 0.15) is 12.5 Å². The van der Waals surface area contributed by atoms with Gasteiger partial charge in [-0.15, -0.1) is 0 Å². The highest BCUT2D eigenvalue weighted by Crippen LogP contribution is 2.30. The van der Waals surface area contributed by atoms with Crippen molar-refractivity contribution >= 4 is 23.6 Å². The number of benzene rings is 1. The number of nitrogens with one attached hydrogen (secondary N) is 1. The number of ether oxygens (including phenoxy) is 1. The highest BCUT2D eigenvalue weighted by atomic mass is 35.5. The molecule has 0 saturated heterocycles. The first kappa shape index (κ1) is 15.8. The first-order valence-electron chi connectivity index (χ1n) is 5.59. The molecule has 1 aromatic carbocycles. The number of rotatable bonds is 6. The number of aliphatic carboxylic acids is 1. The summed E-state index contributed by atoms with van der Waals surface area (Å²) in [7, 11) is 0. The maximum Gasteiger partial charge on any atom is 0.333 e. The molecule has 0 aliphatic rings. The van der Waals surface area contributed by atoms with Crippen LogP contribution in [0, 0.1) is 11.3 Å². The summed E-state index contributed by atoms with van der Waals surface area (Å²) in [5.41, 5.74) is 6.28. The summed E-state index contributed by atoms with van der Waals surface area (Å²) >= 11 is 5.80. The van der Waals surface area contributed by atoms with Crippen LogP contribution in [0.4, 0.5) is 4.39 Å². The van der Waals surface area contributed by atoms with Crippen molar-refractivity contribution < 1.29 is 19.0 Å². The number of halogens is 2. The van der Waals surface area contributed by atoms with Crippen LogP contribution in [0.3, 0.4) is 0 Å².